The molecule has 8 heteroatoms. The zero-order valence-corrected chi connectivity index (χ0v) is 12.7. The minimum atomic E-state index is -3.76. The molecule has 0 saturated heterocycles. The lowest BCUT2D eigenvalue weighted by Crippen LogP contribution is -2.13. The van der Waals surface area contributed by atoms with Crippen molar-refractivity contribution >= 4 is 21.5 Å². The van der Waals surface area contributed by atoms with Gasteiger partial charge >= 0.3 is 0 Å². The lowest BCUT2D eigenvalue weighted by molar-refractivity contribution is 0.340. The van der Waals surface area contributed by atoms with Crippen molar-refractivity contribution in [3.63, 3.8) is 0 Å². The topological polar surface area (TPSA) is 99.2 Å². The summed E-state index contributed by atoms with van der Waals surface area (Å²) in [6.45, 7) is 4.83. The molecule has 0 fully saturated rings. The van der Waals surface area contributed by atoms with E-state index in [0.717, 1.165) is 0 Å². The fourth-order valence-electron chi connectivity index (χ4n) is 1.78. The Kier molecular flexibility index (Phi) is 4.37. The largest absolute Gasteiger partial charge is 0.494 e. The second-order valence-electron chi connectivity index (χ2n) is 4.30. The highest BCUT2D eigenvalue weighted by Crippen LogP contribution is 2.22. The summed E-state index contributed by atoms with van der Waals surface area (Å²) in [6.07, 6.45) is 1.41. The first-order valence-electron chi connectivity index (χ1n) is 6.55. The predicted molar refractivity (Wildman–Crippen MR) is 80.7 cm³/mol. The number of sulfonamides is 1. The lowest BCUT2D eigenvalue weighted by Gasteiger charge is -2.08. The average Bonchev–Trinajstić information content (AvgIpc) is 2.83. The Labute approximate surface area is 123 Å². The van der Waals surface area contributed by atoms with E-state index in [1.165, 1.54) is 10.9 Å². The van der Waals surface area contributed by atoms with Crippen LogP contribution in [-0.2, 0) is 16.6 Å². The third kappa shape index (κ3) is 3.46. The van der Waals surface area contributed by atoms with Crippen LogP contribution >= 0.6 is 0 Å². The van der Waals surface area contributed by atoms with Crippen molar-refractivity contribution in [2.75, 3.05) is 17.1 Å². The molecule has 0 radical (unpaired) electrons. The standard InChI is InChI=1S/C13H18N4O3S/c1-3-17-9-12(13(14)15-17)21(18,19)16-10-5-7-11(8-6-10)20-4-2/h5-9,16H,3-4H2,1-2H3,(H2,14,15). The molecule has 114 valence electrons. The van der Waals surface area contributed by atoms with Gasteiger partial charge in [0.25, 0.3) is 10.0 Å². The van der Waals surface area contributed by atoms with Crippen LogP contribution in [-0.4, -0.2) is 24.8 Å². The van der Waals surface area contributed by atoms with E-state index in [1.807, 2.05) is 13.8 Å². The van der Waals surface area contributed by atoms with E-state index in [1.54, 1.807) is 24.3 Å². The molecule has 0 amide bonds. The van der Waals surface area contributed by atoms with E-state index in [2.05, 4.69) is 9.82 Å². The number of aromatic nitrogens is 2. The number of nitrogens with one attached hydrogen (secondary N) is 1. The van der Waals surface area contributed by atoms with Crippen LogP contribution in [0.3, 0.4) is 0 Å². The number of nitrogens with two attached hydrogens (primary N) is 1. The van der Waals surface area contributed by atoms with Gasteiger partial charge in [-0.05, 0) is 38.1 Å². The minimum Gasteiger partial charge on any atom is -0.494 e. The van der Waals surface area contributed by atoms with Crippen molar-refractivity contribution in [1.29, 1.82) is 0 Å². The summed E-state index contributed by atoms with van der Waals surface area (Å²) in [7, 11) is -3.76. The molecule has 21 heavy (non-hydrogen) atoms. The molecule has 3 N–H and O–H groups in total. The Morgan fingerprint density at radius 1 is 1.29 bits per heavy atom. The summed E-state index contributed by atoms with van der Waals surface area (Å²) in [4.78, 5) is -0.0294. The van der Waals surface area contributed by atoms with Gasteiger partial charge in [-0.3, -0.25) is 9.40 Å². The zero-order valence-electron chi connectivity index (χ0n) is 11.9. The molecule has 0 aliphatic heterocycles. The zero-order chi connectivity index (χ0) is 15.5. The van der Waals surface area contributed by atoms with Gasteiger partial charge in [0, 0.05) is 18.4 Å². The molecule has 0 aliphatic rings. The molecule has 0 bridgehead atoms. The van der Waals surface area contributed by atoms with Gasteiger partial charge in [0.15, 0.2) is 5.82 Å². The van der Waals surface area contributed by atoms with E-state index in [9.17, 15) is 8.42 Å². The summed E-state index contributed by atoms with van der Waals surface area (Å²) < 4.78 is 33.8. The van der Waals surface area contributed by atoms with Gasteiger partial charge < -0.3 is 10.5 Å². The third-order valence-corrected chi connectivity index (χ3v) is 4.18. The normalized spacial score (nSPS) is 11.3. The second kappa shape index (κ2) is 6.04. The molecule has 0 aliphatic carbocycles. The number of hydrogen-bond donors (Lipinski definition) is 2. The maximum absolute atomic E-state index is 12.3. The highest BCUT2D eigenvalue weighted by Gasteiger charge is 2.21. The van der Waals surface area contributed by atoms with Crippen molar-refractivity contribution in [3.05, 3.63) is 30.5 Å². The minimum absolute atomic E-state index is 0.0183. The van der Waals surface area contributed by atoms with Crippen LogP contribution in [0.25, 0.3) is 0 Å². The Morgan fingerprint density at radius 2 is 1.95 bits per heavy atom. The fraction of sp³-hybridized carbons (Fsp3) is 0.308. The number of hydrogen-bond acceptors (Lipinski definition) is 5. The SMILES string of the molecule is CCOc1ccc(NS(=O)(=O)c2cn(CC)nc2N)cc1. The number of nitrogen functional groups attached to an aromatic ring is 1. The third-order valence-electron chi connectivity index (χ3n) is 2.79. The molecule has 0 saturated carbocycles. The maximum Gasteiger partial charge on any atom is 0.267 e. The van der Waals surface area contributed by atoms with Gasteiger partial charge in [-0.1, -0.05) is 0 Å². The molecule has 2 rings (SSSR count). The first kappa shape index (κ1) is 15.2. The van der Waals surface area contributed by atoms with Crippen molar-refractivity contribution in [1.82, 2.24) is 9.78 Å². The molecule has 0 atom stereocenters. The van der Waals surface area contributed by atoms with Crippen LogP contribution in [0.1, 0.15) is 13.8 Å². The number of ether oxygens (including phenoxy) is 1. The summed E-state index contributed by atoms with van der Waals surface area (Å²) >= 11 is 0. The van der Waals surface area contributed by atoms with Gasteiger partial charge in [0.05, 0.1) is 6.61 Å². The van der Waals surface area contributed by atoms with Crippen molar-refractivity contribution in [2.45, 2.75) is 25.3 Å². The first-order valence-corrected chi connectivity index (χ1v) is 8.03. The molecule has 1 aromatic heterocycles. The molecular formula is C13H18N4O3S. The Balaban J connectivity index is 2.22. The van der Waals surface area contributed by atoms with E-state index in [-0.39, 0.29) is 10.7 Å². The monoisotopic (exact) mass is 310 g/mol. The number of nitrogens with zero attached hydrogens (tertiary/aromatic N) is 2. The van der Waals surface area contributed by atoms with Gasteiger partial charge in [-0.15, -0.1) is 0 Å². The highest BCUT2D eigenvalue weighted by molar-refractivity contribution is 7.92. The number of aryl methyl sites for hydroxylation is 1. The van der Waals surface area contributed by atoms with E-state index in [0.29, 0.717) is 24.6 Å². The number of anilines is 2. The predicted octanol–water partition coefficient (Wildman–Crippen LogP) is 1.68. The molecule has 1 heterocycles. The van der Waals surface area contributed by atoms with Gasteiger partial charge in [-0.2, -0.15) is 5.10 Å². The quantitative estimate of drug-likeness (QED) is 0.845. The highest BCUT2D eigenvalue weighted by atomic mass is 32.2. The molecule has 1 aromatic carbocycles. The Hall–Kier alpha value is -2.22. The average molecular weight is 310 g/mol. The smallest absolute Gasteiger partial charge is 0.267 e. The Bertz CT molecular complexity index is 708. The molecule has 7 nitrogen and oxygen atoms in total. The lowest BCUT2D eigenvalue weighted by atomic mass is 10.3. The van der Waals surface area contributed by atoms with Gasteiger partial charge in [0.2, 0.25) is 0 Å². The summed E-state index contributed by atoms with van der Waals surface area (Å²) in [6, 6.07) is 6.65. The van der Waals surface area contributed by atoms with Crippen molar-refractivity contribution in [3.8, 4) is 5.75 Å². The van der Waals surface area contributed by atoms with Crippen molar-refractivity contribution in [2.24, 2.45) is 0 Å². The summed E-state index contributed by atoms with van der Waals surface area (Å²) in [5, 5.41) is 3.93. The van der Waals surface area contributed by atoms with Crippen LogP contribution in [0.4, 0.5) is 11.5 Å². The summed E-state index contributed by atoms with van der Waals surface area (Å²) in [5.74, 6) is 0.661. The van der Waals surface area contributed by atoms with E-state index >= 15 is 0 Å². The van der Waals surface area contributed by atoms with E-state index in [4.69, 9.17) is 10.5 Å². The molecule has 0 unspecified atom stereocenters. The number of rotatable bonds is 6. The van der Waals surface area contributed by atoms with Crippen molar-refractivity contribution < 1.29 is 13.2 Å². The molecule has 2 aromatic rings. The second-order valence-corrected chi connectivity index (χ2v) is 5.95. The molecular weight excluding hydrogens is 292 g/mol. The summed E-state index contributed by atoms with van der Waals surface area (Å²) in [5.41, 5.74) is 6.08. The van der Waals surface area contributed by atoms with Crippen LogP contribution < -0.4 is 15.2 Å². The maximum atomic E-state index is 12.3. The van der Waals surface area contributed by atoms with Crippen LogP contribution in [0.15, 0.2) is 35.4 Å². The Morgan fingerprint density at radius 3 is 2.48 bits per heavy atom. The molecule has 0 spiro atoms. The number of benzene rings is 1. The van der Waals surface area contributed by atoms with Crippen LogP contribution in [0, 0.1) is 0 Å². The van der Waals surface area contributed by atoms with Gasteiger partial charge in [0.1, 0.15) is 10.6 Å². The first-order chi connectivity index (χ1) is 9.96. The van der Waals surface area contributed by atoms with Crippen LogP contribution in [0.5, 0.6) is 5.75 Å². The van der Waals surface area contributed by atoms with Crippen LogP contribution in [0.2, 0.25) is 0 Å². The van der Waals surface area contributed by atoms with Gasteiger partial charge in [-0.25, -0.2) is 8.42 Å². The fourth-order valence-corrected chi connectivity index (χ4v) is 2.92. The van der Waals surface area contributed by atoms with E-state index < -0.39 is 10.0 Å².